The number of pyridine rings is 1. The first kappa shape index (κ1) is 13.3. The van der Waals surface area contributed by atoms with Gasteiger partial charge in [0.05, 0.1) is 12.9 Å². The van der Waals surface area contributed by atoms with Gasteiger partial charge in [0.25, 0.3) is 0 Å². The molecule has 114 valence electrons. The predicted octanol–water partition coefficient (Wildman–Crippen LogP) is 1.93. The van der Waals surface area contributed by atoms with Crippen molar-refractivity contribution >= 4 is 11.8 Å². The van der Waals surface area contributed by atoms with Crippen molar-refractivity contribution < 1.29 is 9.90 Å². The molecule has 3 heterocycles. The third-order valence-electron chi connectivity index (χ3n) is 4.72. The molecule has 1 spiro atoms. The molecule has 2 aliphatic rings. The normalized spacial score (nSPS) is 18.3. The molecule has 0 atom stereocenters. The van der Waals surface area contributed by atoms with Crippen molar-refractivity contribution in [2.24, 2.45) is 5.41 Å². The molecule has 6 heteroatoms. The molecule has 0 radical (unpaired) electrons. The van der Waals surface area contributed by atoms with Crippen LogP contribution in [-0.4, -0.2) is 38.7 Å². The number of hydrogen-bond acceptors (Lipinski definition) is 4. The van der Waals surface area contributed by atoms with Gasteiger partial charge in [-0.1, -0.05) is 6.07 Å². The third-order valence-corrected chi connectivity index (χ3v) is 4.72. The Labute approximate surface area is 128 Å². The lowest BCUT2D eigenvalue weighted by molar-refractivity contribution is 0.0691. The molecule has 2 fully saturated rings. The number of imidazole rings is 1. The molecule has 0 amide bonds. The second-order valence-electron chi connectivity index (χ2n) is 6.51. The first-order valence-corrected chi connectivity index (χ1v) is 7.51. The monoisotopic (exact) mass is 298 g/mol. The van der Waals surface area contributed by atoms with Crippen LogP contribution in [0.4, 0.5) is 5.82 Å². The number of rotatable bonds is 4. The third kappa shape index (κ3) is 2.24. The fourth-order valence-electron chi connectivity index (χ4n) is 3.09. The van der Waals surface area contributed by atoms with Gasteiger partial charge in [0.2, 0.25) is 0 Å². The number of nitrogens with zero attached hydrogens (tertiary/aromatic N) is 4. The maximum atomic E-state index is 10.9. The van der Waals surface area contributed by atoms with Crippen LogP contribution in [0.3, 0.4) is 0 Å². The van der Waals surface area contributed by atoms with Crippen molar-refractivity contribution in [2.75, 3.05) is 18.0 Å². The molecule has 1 N–H and O–H groups in total. The average molecular weight is 298 g/mol. The summed E-state index contributed by atoms with van der Waals surface area (Å²) in [5.74, 6) is 0.0476. The molecule has 1 aliphatic heterocycles. The summed E-state index contributed by atoms with van der Waals surface area (Å²) >= 11 is 0. The van der Waals surface area contributed by atoms with Crippen LogP contribution in [0.25, 0.3) is 0 Å². The van der Waals surface area contributed by atoms with Gasteiger partial charge in [-0.15, -0.1) is 0 Å². The Morgan fingerprint density at radius 2 is 2.14 bits per heavy atom. The Hall–Kier alpha value is -2.37. The number of aromatic carboxylic acids is 1. The van der Waals surface area contributed by atoms with Crippen LogP contribution in [0.15, 0.2) is 24.7 Å². The van der Waals surface area contributed by atoms with Gasteiger partial charge >= 0.3 is 5.97 Å². The highest BCUT2D eigenvalue weighted by Crippen LogP contribution is 2.53. The zero-order chi connectivity index (χ0) is 15.3. The highest BCUT2D eigenvalue weighted by Gasteiger charge is 2.52. The predicted molar refractivity (Wildman–Crippen MR) is 81.1 cm³/mol. The van der Waals surface area contributed by atoms with E-state index < -0.39 is 5.97 Å². The molecular weight excluding hydrogens is 280 g/mol. The van der Waals surface area contributed by atoms with E-state index in [2.05, 4.69) is 22.0 Å². The van der Waals surface area contributed by atoms with Crippen LogP contribution < -0.4 is 4.90 Å². The first-order chi connectivity index (χ1) is 10.5. The van der Waals surface area contributed by atoms with Gasteiger partial charge in [-0.3, -0.25) is 0 Å². The lowest BCUT2D eigenvalue weighted by Gasteiger charge is -2.41. The smallest absolute Gasteiger partial charge is 0.356 e. The minimum Gasteiger partial charge on any atom is -0.476 e. The number of anilines is 1. The summed E-state index contributed by atoms with van der Waals surface area (Å²) in [5, 5.41) is 8.90. The van der Waals surface area contributed by atoms with E-state index >= 15 is 0 Å². The van der Waals surface area contributed by atoms with Gasteiger partial charge in [0, 0.05) is 30.4 Å². The van der Waals surface area contributed by atoms with Crippen LogP contribution in [0.2, 0.25) is 0 Å². The van der Waals surface area contributed by atoms with Gasteiger partial charge < -0.3 is 14.6 Å². The summed E-state index contributed by atoms with van der Waals surface area (Å²) in [4.78, 5) is 21.8. The highest BCUT2D eigenvalue weighted by atomic mass is 16.4. The second kappa shape index (κ2) is 4.56. The molecule has 2 aromatic rings. The van der Waals surface area contributed by atoms with Crippen LogP contribution >= 0.6 is 0 Å². The minimum absolute atomic E-state index is 0.0672. The molecule has 0 aromatic carbocycles. The van der Waals surface area contributed by atoms with Crippen molar-refractivity contribution in [1.29, 1.82) is 0 Å². The molecule has 4 rings (SSSR count). The maximum Gasteiger partial charge on any atom is 0.356 e. The Balaban J connectivity index is 1.48. The Kier molecular flexibility index (Phi) is 2.76. The number of hydrogen-bond donors (Lipinski definition) is 1. The van der Waals surface area contributed by atoms with Crippen molar-refractivity contribution in [3.8, 4) is 0 Å². The molecule has 0 unspecified atom stereocenters. The second-order valence-corrected chi connectivity index (χ2v) is 6.51. The molecule has 0 bridgehead atoms. The van der Waals surface area contributed by atoms with Gasteiger partial charge in [-0.2, -0.15) is 0 Å². The number of aromatic nitrogens is 3. The molecule has 1 saturated carbocycles. The lowest BCUT2D eigenvalue weighted by atomic mass is 9.97. The summed E-state index contributed by atoms with van der Waals surface area (Å²) < 4.78 is 1.77. The minimum atomic E-state index is -1.00. The molecule has 1 aliphatic carbocycles. The molecule has 22 heavy (non-hydrogen) atoms. The van der Waals surface area contributed by atoms with Crippen LogP contribution in [0.5, 0.6) is 0 Å². The van der Waals surface area contributed by atoms with E-state index in [4.69, 9.17) is 10.1 Å². The summed E-state index contributed by atoms with van der Waals surface area (Å²) in [7, 11) is 0. The zero-order valence-corrected chi connectivity index (χ0v) is 12.5. The zero-order valence-electron chi connectivity index (χ0n) is 12.5. The number of carbonyl (C=O) groups is 1. The quantitative estimate of drug-likeness (QED) is 0.934. The van der Waals surface area contributed by atoms with Crippen LogP contribution in [-0.2, 0) is 6.54 Å². The van der Waals surface area contributed by atoms with Crippen LogP contribution in [0, 0.1) is 12.3 Å². The van der Waals surface area contributed by atoms with Crippen LogP contribution in [0.1, 0.15) is 34.6 Å². The first-order valence-electron chi connectivity index (χ1n) is 7.51. The summed E-state index contributed by atoms with van der Waals surface area (Å²) in [6.07, 6.45) is 5.82. The molecule has 1 saturated heterocycles. The van der Waals surface area contributed by atoms with E-state index in [-0.39, 0.29) is 5.69 Å². The van der Waals surface area contributed by atoms with Crippen molar-refractivity contribution in [3.05, 3.63) is 41.6 Å². The van der Waals surface area contributed by atoms with E-state index in [0.29, 0.717) is 12.0 Å². The van der Waals surface area contributed by atoms with E-state index in [1.165, 1.54) is 12.8 Å². The standard InChI is InChI=1S/C16H18N4O2/c1-11-12(6-19-7-13(15(21)22)17-10-19)2-3-14(18-11)20-8-16(9-20)4-5-16/h2-3,7,10H,4-6,8-9H2,1H3,(H,21,22). The largest absolute Gasteiger partial charge is 0.476 e. The van der Waals surface area contributed by atoms with Gasteiger partial charge in [0.1, 0.15) is 5.82 Å². The SMILES string of the molecule is Cc1nc(N2CC3(CC3)C2)ccc1Cn1cnc(C(=O)O)c1. The van der Waals surface area contributed by atoms with E-state index in [9.17, 15) is 4.79 Å². The van der Waals surface area contributed by atoms with Crippen molar-refractivity contribution in [2.45, 2.75) is 26.3 Å². The number of carboxylic acids is 1. The Morgan fingerprint density at radius 1 is 1.36 bits per heavy atom. The molecule has 2 aromatic heterocycles. The van der Waals surface area contributed by atoms with Crippen molar-refractivity contribution in [1.82, 2.24) is 14.5 Å². The summed E-state index contributed by atoms with van der Waals surface area (Å²) in [5.41, 5.74) is 2.76. The molecular formula is C16H18N4O2. The van der Waals surface area contributed by atoms with Gasteiger partial charge in [-0.05, 0) is 31.4 Å². The Bertz CT molecular complexity index is 740. The molecule has 6 nitrogen and oxygen atoms in total. The Morgan fingerprint density at radius 3 is 2.73 bits per heavy atom. The fourth-order valence-corrected chi connectivity index (χ4v) is 3.09. The average Bonchev–Trinajstić information content (AvgIpc) is 3.11. The number of carboxylic acid groups (broad SMARTS) is 1. The van der Waals surface area contributed by atoms with E-state index in [0.717, 1.165) is 30.2 Å². The van der Waals surface area contributed by atoms with Gasteiger partial charge in [-0.25, -0.2) is 14.8 Å². The fraction of sp³-hybridized carbons (Fsp3) is 0.438. The maximum absolute atomic E-state index is 10.9. The van der Waals surface area contributed by atoms with Crippen molar-refractivity contribution in [3.63, 3.8) is 0 Å². The highest BCUT2D eigenvalue weighted by molar-refractivity contribution is 5.84. The topological polar surface area (TPSA) is 71.2 Å². The van der Waals surface area contributed by atoms with Gasteiger partial charge in [0.15, 0.2) is 5.69 Å². The summed E-state index contributed by atoms with van der Waals surface area (Å²) in [6.45, 7) is 4.87. The summed E-state index contributed by atoms with van der Waals surface area (Å²) in [6, 6.07) is 4.14. The van der Waals surface area contributed by atoms with E-state index in [1.807, 2.05) is 6.92 Å². The lowest BCUT2D eigenvalue weighted by Crippen LogP contribution is -2.48. The van der Waals surface area contributed by atoms with E-state index in [1.54, 1.807) is 17.1 Å². The number of aryl methyl sites for hydroxylation is 1.